The summed E-state index contributed by atoms with van der Waals surface area (Å²) in [5, 5.41) is 42.2. The van der Waals surface area contributed by atoms with Gasteiger partial charge in [-0.1, -0.05) is 42.7 Å². The Morgan fingerprint density at radius 3 is 2.42 bits per heavy atom. The van der Waals surface area contributed by atoms with Crippen LogP contribution in [0.2, 0.25) is 5.02 Å². The molecule has 0 bridgehead atoms. The Morgan fingerprint density at radius 1 is 1.19 bits per heavy atom. The first-order chi connectivity index (χ1) is 14.8. The SMILES string of the molecule is C=C[C@H]([C@H](O)CC/C(=C/c1ccc(O)cc1Cl)CCC)[C@H](O)c1ccc([N+](=O)[O-])cc1. The topological polar surface area (TPSA) is 104 Å². The van der Waals surface area contributed by atoms with Crippen LogP contribution in [0, 0.1) is 16.0 Å². The second kappa shape index (κ2) is 11.6. The number of phenols is 1. The molecule has 2 aromatic carbocycles. The first-order valence-electron chi connectivity index (χ1n) is 10.2. The normalized spacial score (nSPS) is 14.6. The molecule has 2 aromatic rings. The number of aliphatic hydroxyl groups excluding tert-OH is 2. The Morgan fingerprint density at radius 2 is 1.87 bits per heavy atom. The molecule has 0 unspecified atom stereocenters. The molecule has 0 saturated carbocycles. The van der Waals surface area contributed by atoms with Gasteiger partial charge in [-0.25, -0.2) is 0 Å². The summed E-state index contributed by atoms with van der Waals surface area (Å²) in [4.78, 5) is 10.3. The van der Waals surface area contributed by atoms with Gasteiger partial charge in [0.15, 0.2) is 0 Å². The maximum atomic E-state index is 10.8. The van der Waals surface area contributed by atoms with Gasteiger partial charge in [-0.05, 0) is 60.7 Å². The third-order valence-corrected chi connectivity index (χ3v) is 5.53. The Balaban J connectivity index is 2.10. The van der Waals surface area contributed by atoms with Crippen LogP contribution in [0.25, 0.3) is 6.08 Å². The average Bonchev–Trinajstić information content (AvgIpc) is 2.74. The fourth-order valence-corrected chi connectivity index (χ4v) is 3.71. The number of hydrogen-bond donors (Lipinski definition) is 3. The lowest BCUT2D eigenvalue weighted by Crippen LogP contribution is -2.25. The van der Waals surface area contributed by atoms with Crippen molar-refractivity contribution in [1.82, 2.24) is 0 Å². The van der Waals surface area contributed by atoms with Gasteiger partial charge in [-0.3, -0.25) is 10.1 Å². The van der Waals surface area contributed by atoms with Crippen molar-refractivity contribution in [2.24, 2.45) is 5.92 Å². The summed E-state index contributed by atoms with van der Waals surface area (Å²) in [6.45, 7) is 5.80. The summed E-state index contributed by atoms with van der Waals surface area (Å²) in [5.41, 5.74) is 2.31. The molecule has 0 amide bonds. The largest absolute Gasteiger partial charge is 0.508 e. The molecule has 0 aliphatic heterocycles. The smallest absolute Gasteiger partial charge is 0.269 e. The van der Waals surface area contributed by atoms with Gasteiger partial charge in [0, 0.05) is 18.1 Å². The van der Waals surface area contributed by atoms with E-state index in [9.17, 15) is 25.4 Å². The first kappa shape index (κ1) is 24.6. The standard InChI is InChI=1S/C24H28ClNO5/c1-3-5-16(14-18-9-12-20(27)15-22(18)25)6-13-23(28)21(4-2)24(29)17-7-10-19(11-8-17)26(30)31/h4,7-12,14-15,21,23-24,27-29H,2-3,5-6,13H2,1H3/b16-14+/t21-,23-,24-/m1/s1. The van der Waals surface area contributed by atoms with Crippen molar-refractivity contribution >= 4 is 23.4 Å². The maximum Gasteiger partial charge on any atom is 0.269 e. The molecule has 3 atom stereocenters. The molecule has 0 radical (unpaired) electrons. The van der Waals surface area contributed by atoms with Crippen molar-refractivity contribution in [3.8, 4) is 5.75 Å². The highest BCUT2D eigenvalue weighted by atomic mass is 35.5. The average molecular weight is 446 g/mol. The number of nitrogens with zero attached hydrogens (tertiary/aromatic N) is 1. The van der Waals surface area contributed by atoms with Crippen molar-refractivity contribution < 1.29 is 20.2 Å². The van der Waals surface area contributed by atoms with Crippen LogP contribution in [0.5, 0.6) is 5.75 Å². The van der Waals surface area contributed by atoms with Crippen molar-refractivity contribution in [1.29, 1.82) is 0 Å². The molecule has 7 heteroatoms. The zero-order chi connectivity index (χ0) is 23.0. The van der Waals surface area contributed by atoms with Gasteiger partial charge in [-0.15, -0.1) is 6.58 Å². The molecule has 0 aliphatic rings. The van der Waals surface area contributed by atoms with Gasteiger partial charge < -0.3 is 15.3 Å². The zero-order valence-electron chi connectivity index (χ0n) is 17.4. The van der Waals surface area contributed by atoms with Gasteiger partial charge in [-0.2, -0.15) is 0 Å². The van der Waals surface area contributed by atoms with Crippen molar-refractivity contribution in [2.45, 2.75) is 44.8 Å². The summed E-state index contributed by atoms with van der Waals surface area (Å²) in [6, 6.07) is 10.4. The van der Waals surface area contributed by atoms with Crippen LogP contribution in [-0.4, -0.2) is 26.3 Å². The number of aromatic hydroxyl groups is 1. The fourth-order valence-electron chi connectivity index (χ4n) is 3.48. The quantitative estimate of drug-likeness (QED) is 0.230. The van der Waals surface area contributed by atoms with Crippen LogP contribution in [0.15, 0.2) is 60.7 Å². The van der Waals surface area contributed by atoms with E-state index >= 15 is 0 Å². The zero-order valence-corrected chi connectivity index (χ0v) is 18.2. The van der Waals surface area contributed by atoms with Crippen LogP contribution >= 0.6 is 11.6 Å². The minimum Gasteiger partial charge on any atom is -0.508 e. The number of rotatable bonds is 11. The third kappa shape index (κ3) is 6.92. The summed E-state index contributed by atoms with van der Waals surface area (Å²) in [7, 11) is 0. The van der Waals surface area contributed by atoms with E-state index in [2.05, 4.69) is 13.5 Å². The van der Waals surface area contributed by atoms with Crippen LogP contribution in [0.3, 0.4) is 0 Å². The van der Waals surface area contributed by atoms with E-state index in [1.807, 2.05) is 6.08 Å². The lowest BCUT2D eigenvalue weighted by molar-refractivity contribution is -0.384. The Kier molecular flexibility index (Phi) is 9.24. The number of nitro groups is 1. The van der Waals surface area contributed by atoms with E-state index in [1.54, 1.807) is 12.1 Å². The van der Waals surface area contributed by atoms with Gasteiger partial charge in [0.25, 0.3) is 5.69 Å². The second-order valence-electron chi connectivity index (χ2n) is 7.47. The number of allylic oxidation sites excluding steroid dienone is 1. The van der Waals surface area contributed by atoms with Gasteiger partial charge in [0.2, 0.25) is 0 Å². The maximum absolute atomic E-state index is 10.8. The Hall–Kier alpha value is -2.67. The number of halogens is 1. The molecule has 2 rings (SSSR count). The van der Waals surface area contributed by atoms with Crippen LogP contribution in [0.1, 0.15) is 49.8 Å². The molecule has 31 heavy (non-hydrogen) atoms. The minimum atomic E-state index is -1.03. The summed E-state index contributed by atoms with van der Waals surface area (Å²) < 4.78 is 0. The first-order valence-corrected chi connectivity index (χ1v) is 10.6. The number of nitro benzene ring substituents is 1. The van der Waals surface area contributed by atoms with E-state index < -0.39 is 23.0 Å². The number of non-ortho nitro benzene ring substituents is 1. The number of phenolic OH excluding ortho intramolecular Hbond substituents is 1. The highest BCUT2D eigenvalue weighted by molar-refractivity contribution is 6.32. The molecule has 6 nitrogen and oxygen atoms in total. The van der Waals surface area contributed by atoms with Crippen molar-refractivity contribution in [3.63, 3.8) is 0 Å². The van der Waals surface area contributed by atoms with E-state index in [-0.39, 0.29) is 11.4 Å². The molecular weight excluding hydrogens is 418 g/mol. The number of aliphatic hydroxyl groups is 2. The summed E-state index contributed by atoms with van der Waals surface area (Å²) >= 11 is 6.21. The summed E-state index contributed by atoms with van der Waals surface area (Å²) in [6.07, 6.45) is 4.36. The molecule has 0 heterocycles. The van der Waals surface area contributed by atoms with E-state index in [0.29, 0.717) is 23.4 Å². The van der Waals surface area contributed by atoms with Gasteiger partial charge in [0.1, 0.15) is 5.75 Å². The Bertz CT molecular complexity index is 926. The third-order valence-electron chi connectivity index (χ3n) is 5.20. The van der Waals surface area contributed by atoms with Crippen LogP contribution in [-0.2, 0) is 0 Å². The monoisotopic (exact) mass is 445 g/mol. The highest BCUT2D eigenvalue weighted by Gasteiger charge is 2.26. The fraction of sp³-hybridized carbons (Fsp3) is 0.333. The van der Waals surface area contributed by atoms with E-state index in [0.717, 1.165) is 24.0 Å². The van der Waals surface area contributed by atoms with Crippen molar-refractivity contribution in [3.05, 3.63) is 87.0 Å². The predicted octanol–water partition coefficient (Wildman–Crippen LogP) is 5.81. The Labute approximate surface area is 187 Å². The molecule has 0 aliphatic carbocycles. The van der Waals surface area contributed by atoms with Crippen LogP contribution < -0.4 is 0 Å². The molecule has 0 fully saturated rings. The predicted molar refractivity (Wildman–Crippen MR) is 123 cm³/mol. The van der Waals surface area contributed by atoms with E-state index in [4.69, 9.17) is 11.6 Å². The van der Waals surface area contributed by atoms with Gasteiger partial charge in [0.05, 0.1) is 22.2 Å². The van der Waals surface area contributed by atoms with Crippen LogP contribution in [0.4, 0.5) is 5.69 Å². The second-order valence-corrected chi connectivity index (χ2v) is 7.88. The molecule has 3 N–H and O–H groups in total. The lowest BCUT2D eigenvalue weighted by atomic mass is 9.87. The van der Waals surface area contributed by atoms with Crippen molar-refractivity contribution in [2.75, 3.05) is 0 Å². The summed E-state index contributed by atoms with van der Waals surface area (Å²) in [5.74, 6) is -0.523. The highest BCUT2D eigenvalue weighted by Crippen LogP contribution is 2.31. The lowest BCUT2D eigenvalue weighted by Gasteiger charge is -2.25. The number of hydrogen-bond acceptors (Lipinski definition) is 5. The molecule has 0 aromatic heterocycles. The van der Waals surface area contributed by atoms with E-state index in [1.165, 1.54) is 36.4 Å². The molecule has 166 valence electrons. The molecular formula is C24H28ClNO5. The number of benzene rings is 2. The minimum absolute atomic E-state index is 0.0612. The molecule has 0 saturated heterocycles. The molecule has 0 spiro atoms. The van der Waals surface area contributed by atoms with Gasteiger partial charge >= 0.3 is 0 Å².